The molecule has 1 atom stereocenters. The first-order valence-electron chi connectivity index (χ1n) is 7.79. The number of non-ortho nitro benzene ring substituents is 1. The van der Waals surface area contributed by atoms with E-state index in [1.54, 1.807) is 12.1 Å². The number of nitriles is 1. The zero-order valence-corrected chi connectivity index (χ0v) is 13.7. The quantitative estimate of drug-likeness (QED) is 0.503. The molecule has 2 fully saturated rings. The number of thiocarbonyl (C=S) groups is 1. The van der Waals surface area contributed by atoms with Crippen LogP contribution in [0.1, 0.15) is 32.1 Å². The van der Waals surface area contributed by atoms with Gasteiger partial charge in [0.05, 0.1) is 16.5 Å². The summed E-state index contributed by atoms with van der Waals surface area (Å²) in [6.07, 6.45) is 4.27. The van der Waals surface area contributed by atoms with Crippen LogP contribution in [0.5, 0.6) is 0 Å². The lowest BCUT2D eigenvalue weighted by molar-refractivity contribution is -0.384. The molecular weight excluding hydrogens is 328 g/mol. The van der Waals surface area contributed by atoms with Gasteiger partial charge in [-0.3, -0.25) is 14.9 Å². The largest absolute Gasteiger partial charge is 0.311 e. The van der Waals surface area contributed by atoms with E-state index in [2.05, 4.69) is 11.4 Å². The molecule has 24 heavy (non-hydrogen) atoms. The maximum absolute atomic E-state index is 12.3. The Labute approximate surface area is 144 Å². The Morgan fingerprint density at radius 2 is 1.92 bits per heavy atom. The van der Waals surface area contributed by atoms with E-state index in [4.69, 9.17) is 12.2 Å². The predicted molar refractivity (Wildman–Crippen MR) is 91.2 cm³/mol. The normalized spacial score (nSPS) is 22.8. The molecule has 1 saturated heterocycles. The second-order valence-electron chi connectivity index (χ2n) is 6.13. The number of anilines is 1. The summed E-state index contributed by atoms with van der Waals surface area (Å²) in [5, 5.41) is 23.3. The van der Waals surface area contributed by atoms with Crippen molar-refractivity contribution >= 4 is 34.6 Å². The number of amides is 1. The summed E-state index contributed by atoms with van der Waals surface area (Å²) in [5.41, 5.74) is -0.0317. The highest BCUT2D eigenvalue weighted by Crippen LogP contribution is 2.44. The maximum Gasteiger partial charge on any atom is 0.269 e. The summed E-state index contributed by atoms with van der Waals surface area (Å²) in [7, 11) is 0. The van der Waals surface area contributed by atoms with E-state index >= 15 is 0 Å². The minimum absolute atomic E-state index is 0.0137. The Bertz CT molecular complexity index is 735. The zero-order chi connectivity index (χ0) is 17.3. The molecular formula is C16H16N4O3S. The number of carbonyl (C=O) groups is 1. The van der Waals surface area contributed by atoms with Crippen molar-refractivity contribution in [1.82, 2.24) is 5.32 Å². The minimum atomic E-state index is -0.820. The number of nitro groups is 1. The van der Waals surface area contributed by atoms with Gasteiger partial charge >= 0.3 is 0 Å². The van der Waals surface area contributed by atoms with Crippen LogP contribution in [-0.4, -0.2) is 21.5 Å². The number of carbonyl (C=O) groups excluding carboxylic acids is 1. The van der Waals surface area contributed by atoms with Crippen LogP contribution in [0.2, 0.25) is 0 Å². The van der Waals surface area contributed by atoms with Crippen molar-refractivity contribution in [2.24, 2.45) is 5.92 Å². The third-order valence-electron chi connectivity index (χ3n) is 4.85. The van der Waals surface area contributed by atoms with E-state index in [9.17, 15) is 20.2 Å². The summed E-state index contributed by atoms with van der Waals surface area (Å²) < 4.78 is 0. The maximum atomic E-state index is 12.3. The fourth-order valence-corrected chi connectivity index (χ4v) is 4.15. The number of nitrogens with one attached hydrogen (secondary N) is 1. The third-order valence-corrected chi connectivity index (χ3v) is 5.13. The first-order valence-corrected chi connectivity index (χ1v) is 8.19. The molecule has 7 nitrogen and oxygen atoms in total. The Balaban J connectivity index is 2.08. The molecule has 0 bridgehead atoms. The topological polar surface area (TPSA) is 99.3 Å². The Morgan fingerprint density at radius 1 is 1.29 bits per heavy atom. The molecule has 1 spiro atoms. The molecule has 1 amide bonds. The van der Waals surface area contributed by atoms with Gasteiger partial charge in [-0.2, -0.15) is 5.26 Å². The number of hydrogen-bond donors (Lipinski definition) is 1. The summed E-state index contributed by atoms with van der Waals surface area (Å²) in [6, 6.07) is 8.20. The second kappa shape index (κ2) is 6.17. The number of nitro benzene ring substituents is 1. The van der Waals surface area contributed by atoms with Crippen LogP contribution in [0.15, 0.2) is 24.3 Å². The molecule has 1 heterocycles. The monoisotopic (exact) mass is 344 g/mol. The first-order chi connectivity index (χ1) is 11.5. The van der Waals surface area contributed by atoms with Crippen molar-refractivity contribution in [3.05, 3.63) is 34.4 Å². The van der Waals surface area contributed by atoms with Gasteiger partial charge in [0, 0.05) is 17.8 Å². The van der Waals surface area contributed by atoms with Crippen molar-refractivity contribution in [1.29, 1.82) is 5.26 Å². The van der Waals surface area contributed by atoms with Gasteiger partial charge in [-0.05, 0) is 37.2 Å². The van der Waals surface area contributed by atoms with E-state index < -0.39 is 16.4 Å². The van der Waals surface area contributed by atoms with Crippen LogP contribution in [0, 0.1) is 27.4 Å². The molecule has 2 aliphatic rings. The smallest absolute Gasteiger partial charge is 0.269 e. The molecule has 1 N–H and O–H groups in total. The Hall–Kier alpha value is -2.53. The number of hydrogen-bond acceptors (Lipinski definition) is 5. The molecule has 1 aromatic carbocycles. The van der Waals surface area contributed by atoms with E-state index in [1.807, 2.05) is 4.90 Å². The van der Waals surface area contributed by atoms with Gasteiger partial charge in [0.1, 0.15) is 5.92 Å². The molecule has 1 aliphatic carbocycles. The standard InChI is InChI=1S/C16H16N4O3S/c17-10-13-14(21)18-15(24)19(16(13)8-2-1-3-9-16)11-4-6-12(7-5-11)20(22)23/h4-7,13H,1-3,8-9H2,(H,18,21,24)/t13-/m1/s1. The molecule has 1 aliphatic heterocycles. The third kappa shape index (κ3) is 2.51. The SMILES string of the molecule is N#C[C@@H]1C(=O)NC(=S)N(c2ccc([N+](=O)[O-])cc2)C12CCCCC2. The van der Waals surface area contributed by atoms with E-state index in [0.717, 1.165) is 19.3 Å². The van der Waals surface area contributed by atoms with Crippen molar-refractivity contribution in [2.45, 2.75) is 37.6 Å². The van der Waals surface area contributed by atoms with Crippen LogP contribution in [0.25, 0.3) is 0 Å². The number of nitrogens with zero attached hydrogens (tertiary/aromatic N) is 3. The summed E-state index contributed by atoms with van der Waals surface area (Å²) in [4.78, 5) is 24.5. The zero-order valence-electron chi connectivity index (χ0n) is 12.9. The average Bonchev–Trinajstić information content (AvgIpc) is 2.56. The minimum Gasteiger partial charge on any atom is -0.311 e. The number of rotatable bonds is 2. The van der Waals surface area contributed by atoms with Crippen LogP contribution >= 0.6 is 12.2 Å². The van der Waals surface area contributed by atoms with Gasteiger partial charge in [-0.15, -0.1) is 0 Å². The second-order valence-corrected chi connectivity index (χ2v) is 6.52. The molecule has 3 rings (SSSR count). The lowest BCUT2D eigenvalue weighted by Gasteiger charge is -2.52. The van der Waals surface area contributed by atoms with Gasteiger partial charge in [-0.1, -0.05) is 19.3 Å². The van der Waals surface area contributed by atoms with E-state index in [-0.39, 0.29) is 16.7 Å². The van der Waals surface area contributed by atoms with Crippen molar-refractivity contribution in [3.8, 4) is 6.07 Å². The fourth-order valence-electron chi connectivity index (χ4n) is 3.76. The molecule has 8 heteroatoms. The van der Waals surface area contributed by atoms with E-state index in [1.165, 1.54) is 12.1 Å². The van der Waals surface area contributed by atoms with Crippen LogP contribution in [0.3, 0.4) is 0 Å². The van der Waals surface area contributed by atoms with Gasteiger partial charge < -0.3 is 10.2 Å². The molecule has 124 valence electrons. The molecule has 1 aromatic rings. The van der Waals surface area contributed by atoms with Gasteiger partial charge in [0.15, 0.2) is 5.11 Å². The van der Waals surface area contributed by atoms with E-state index in [0.29, 0.717) is 18.5 Å². The van der Waals surface area contributed by atoms with Gasteiger partial charge in [0.25, 0.3) is 5.69 Å². The Kier molecular flexibility index (Phi) is 4.20. The summed E-state index contributed by atoms with van der Waals surface area (Å²) in [6.45, 7) is 0. The lowest BCUT2D eigenvalue weighted by atomic mass is 9.70. The van der Waals surface area contributed by atoms with Gasteiger partial charge in [0.2, 0.25) is 5.91 Å². The lowest BCUT2D eigenvalue weighted by Crippen LogP contribution is -2.68. The van der Waals surface area contributed by atoms with Crippen LogP contribution in [-0.2, 0) is 4.79 Å². The highest BCUT2D eigenvalue weighted by molar-refractivity contribution is 7.80. The Morgan fingerprint density at radius 3 is 2.46 bits per heavy atom. The van der Waals surface area contributed by atoms with Crippen LogP contribution in [0.4, 0.5) is 11.4 Å². The van der Waals surface area contributed by atoms with Crippen molar-refractivity contribution in [2.75, 3.05) is 4.90 Å². The molecule has 0 unspecified atom stereocenters. The number of benzene rings is 1. The molecule has 0 aromatic heterocycles. The highest BCUT2D eigenvalue weighted by Gasteiger charge is 2.53. The highest BCUT2D eigenvalue weighted by atomic mass is 32.1. The van der Waals surface area contributed by atoms with Gasteiger partial charge in [-0.25, -0.2) is 0 Å². The van der Waals surface area contributed by atoms with Crippen molar-refractivity contribution in [3.63, 3.8) is 0 Å². The first kappa shape index (κ1) is 16.3. The predicted octanol–water partition coefficient (Wildman–Crippen LogP) is 2.66. The van der Waals surface area contributed by atoms with Crippen LogP contribution < -0.4 is 10.2 Å². The summed E-state index contributed by atoms with van der Waals surface area (Å²) >= 11 is 5.38. The van der Waals surface area contributed by atoms with Crippen molar-refractivity contribution < 1.29 is 9.72 Å². The summed E-state index contributed by atoms with van der Waals surface area (Å²) in [5.74, 6) is -1.18. The molecule has 1 saturated carbocycles. The molecule has 0 radical (unpaired) electrons. The fraction of sp³-hybridized carbons (Fsp3) is 0.438. The average molecular weight is 344 g/mol.